The first-order chi connectivity index (χ1) is 20.4. The van der Waals surface area contributed by atoms with Gasteiger partial charge in [-0.1, -0.05) is 78.9 Å². The molecule has 0 N–H and O–H groups in total. The number of hydrogen-bond donors (Lipinski definition) is 0. The van der Waals surface area contributed by atoms with E-state index < -0.39 is 6.04 Å². The maximum Gasteiger partial charge on any atom is 0.337 e. The van der Waals surface area contributed by atoms with Gasteiger partial charge in [-0.2, -0.15) is 0 Å². The Hall–Kier alpha value is -4.29. The molecule has 0 fully saturated rings. The van der Waals surface area contributed by atoms with E-state index in [0.29, 0.717) is 17.7 Å². The van der Waals surface area contributed by atoms with Gasteiger partial charge in [-0.25, -0.2) is 9.18 Å². The van der Waals surface area contributed by atoms with Gasteiger partial charge in [0.15, 0.2) is 0 Å². The second kappa shape index (κ2) is 11.9. The molecule has 1 heterocycles. The molecule has 1 amide bonds. The van der Waals surface area contributed by atoms with Gasteiger partial charge >= 0.3 is 5.97 Å². The summed E-state index contributed by atoms with van der Waals surface area (Å²) in [5.74, 6) is -0.687. The topological polar surface area (TPSA) is 49.9 Å². The van der Waals surface area contributed by atoms with E-state index >= 15 is 0 Å². The molecule has 1 aliphatic heterocycles. The lowest BCUT2D eigenvalue weighted by atomic mass is 9.86. The lowest BCUT2D eigenvalue weighted by molar-refractivity contribution is -0.140. The fraction of sp³-hybridized carbons (Fsp3) is 0.278. The molecule has 4 aromatic carbocycles. The third-order valence-electron chi connectivity index (χ3n) is 8.87. The number of amides is 1. The van der Waals surface area contributed by atoms with E-state index in [2.05, 4.69) is 29.2 Å². The van der Waals surface area contributed by atoms with E-state index in [9.17, 15) is 14.0 Å². The number of carbonyl (C=O) groups excluding carboxylic acids is 2. The van der Waals surface area contributed by atoms with Crippen LogP contribution in [0.2, 0.25) is 0 Å². The average molecular weight is 563 g/mol. The van der Waals surface area contributed by atoms with Crippen molar-refractivity contribution >= 4 is 11.9 Å². The summed E-state index contributed by atoms with van der Waals surface area (Å²) in [7, 11) is 1.37. The smallest absolute Gasteiger partial charge is 0.337 e. The number of ether oxygens (including phenoxy) is 1. The van der Waals surface area contributed by atoms with Crippen molar-refractivity contribution in [1.82, 2.24) is 9.80 Å². The zero-order valence-corrected chi connectivity index (χ0v) is 24.0. The van der Waals surface area contributed by atoms with E-state index in [0.717, 1.165) is 30.4 Å². The van der Waals surface area contributed by atoms with Gasteiger partial charge < -0.3 is 9.64 Å². The third kappa shape index (κ3) is 5.35. The molecule has 0 bridgehead atoms. The molecule has 0 saturated heterocycles. The predicted octanol–water partition coefficient (Wildman–Crippen LogP) is 6.14. The Morgan fingerprint density at radius 2 is 1.50 bits per heavy atom. The van der Waals surface area contributed by atoms with E-state index in [1.165, 1.54) is 29.9 Å². The van der Waals surface area contributed by atoms with E-state index in [1.54, 1.807) is 24.3 Å². The van der Waals surface area contributed by atoms with Crippen molar-refractivity contribution in [2.24, 2.45) is 0 Å². The molecule has 1 aliphatic carbocycles. The first-order valence-electron chi connectivity index (χ1n) is 14.6. The zero-order chi connectivity index (χ0) is 29.2. The van der Waals surface area contributed by atoms with Crippen molar-refractivity contribution < 1.29 is 18.7 Å². The summed E-state index contributed by atoms with van der Waals surface area (Å²) >= 11 is 0. The quantitative estimate of drug-likeness (QED) is 0.254. The first kappa shape index (κ1) is 27.9. The Morgan fingerprint density at radius 3 is 2.17 bits per heavy atom. The van der Waals surface area contributed by atoms with Gasteiger partial charge in [0.1, 0.15) is 5.82 Å². The molecule has 6 rings (SSSR count). The van der Waals surface area contributed by atoms with Crippen LogP contribution in [0.15, 0.2) is 97.1 Å². The molecule has 1 unspecified atom stereocenters. The number of nitrogens with zero attached hydrogens (tertiary/aromatic N) is 2. The minimum Gasteiger partial charge on any atom is -0.465 e. The SMILES string of the molecule is COC(=O)c1ccc(C2c3ccccc3CCN2[C@@H](C)C(=O)N(Cc2ccccc2F)C2Cc3ccccc3C2)cc1. The van der Waals surface area contributed by atoms with Gasteiger partial charge in [0, 0.05) is 24.7 Å². The Labute approximate surface area is 246 Å². The minimum absolute atomic E-state index is 0.00776. The minimum atomic E-state index is -0.459. The second-order valence-electron chi connectivity index (χ2n) is 11.3. The molecule has 0 spiro atoms. The summed E-state index contributed by atoms with van der Waals surface area (Å²) in [5, 5.41) is 0. The Balaban J connectivity index is 1.35. The predicted molar refractivity (Wildman–Crippen MR) is 161 cm³/mol. The standard InChI is InChI=1S/C36H35FN2O3/c1-24(35(40)39(23-30-12-6-8-14-33(30)37)31-21-28-10-3-4-11-29(28)22-31)38-20-19-25-9-5-7-13-32(25)34(38)26-15-17-27(18-16-26)36(41)42-2/h3-18,24,31,34H,19-23H2,1-2H3/t24-,34?/m0/s1. The second-order valence-corrected chi connectivity index (χ2v) is 11.3. The number of carbonyl (C=O) groups is 2. The number of fused-ring (bicyclic) bond motifs is 2. The highest BCUT2D eigenvalue weighted by atomic mass is 19.1. The third-order valence-corrected chi connectivity index (χ3v) is 8.87. The summed E-state index contributed by atoms with van der Waals surface area (Å²) in [5.41, 5.74) is 6.91. The summed E-state index contributed by atoms with van der Waals surface area (Å²) in [6, 6.07) is 30.2. The van der Waals surface area contributed by atoms with Crippen LogP contribution in [0.3, 0.4) is 0 Å². The normalized spacial score (nSPS) is 17.3. The van der Waals surface area contributed by atoms with E-state index in [-0.39, 0.29) is 36.3 Å². The van der Waals surface area contributed by atoms with E-state index in [4.69, 9.17) is 4.74 Å². The molecule has 4 aromatic rings. The molecule has 2 aliphatic rings. The summed E-state index contributed by atoms with van der Waals surface area (Å²) < 4.78 is 19.8. The van der Waals surface area contributed by atoms with Gasteiger partial charge in [0.2, 0.25) is 5.91 Å². The van der Waals surface area contributed by atoms with Gasteiger partial charge in [0.05, 0.1) is 24.8 Å². The first-order valence-corrected chi connectivity index (χ1v) is 14.6. The fourth-order valence-electron chi connectivity index (χ4n) is 6.63. The van der Waals surface area contributed by atoms with Crippen LogP contribution in [0.25, 0.3) is 0 Å². The van der Waals surface area contributed by atoms with Crippen LogP contribution in [-0.4, -0.2) is 47.4 Å². The van der Waals surface area contributed by atoms with Gasteiger partial charge in [-0.3, -0.25) is 9.69 Å². The molecule has 214 valence electrons. The van der Waals surface area contributed by atoms with Gasteiger partial charge in [-0.15, -0.1) is 0 Å². The molecule has 5 nitrogen and oxygen atoms in total. The molecule has 0 aromatic heterocycles. The monoisotopic (exact) mass is 562 g/mol. The van der Waals surface area contributed by atoms with E-state index in [1.807, 2.05) is 54.3 Å². The zero-order valence-electron chi connectivity index (χ0n) is 24.0. The van der Waals surface area contributed by atoms with Crippen LogP contribution in [0.1, 0.15) is 56.7 Å². The number of benzene rings is 4. The van der Waals surface area contributed by atoms with Crippen LogP contribution in [0, 0.1) is 5.82 Å². The molecular weight excluding hydrogens is 527 g/mol. The molecule has 6 heteroatoms. The van der Waals surface area contributed by atoms with Crippen molar-refractivity contribution in [3.63, 3.8) is 0 Å². The van der Waals surface area contributed by atoms with Crippen molar-refractivity contribution in [1.29, 1.82) is 0 Å². The lowest BCUT2D eigenvalue weighted by Crippen LogP contribution is -2.53. The van der Waals surface area contributed by atoms with Crippen LogP contribution < -0.4 is 0 Å². The molecule has 0 saturated carbocycles. The van der Waals surface area contributed by atoms with Gasteiger partial charge in [0.25, 0.3) is 0 Å². The van der Waals surface area contributed by atoms with Crippen LogP contribution in [0.5, 0.6) is 0 Å². The fourth-order valence-corrected chi connectivity index (χ4v) is 6.63. The van der Waals surface area contributed by atoms with Crippen molar-refractivity contribution in [3.8, 4) is 0 Å². The Kier molecular flexibility index (Phi) is 7.90. The van der Waals surface area contributed by atoms with Crippen LogP contribution >= 0.6 is 0 Å². The maximum atomic E-state index is 14.9. The Bertz CT molecular complexity index is 1580. The van der Waals surface area contributed by atoms with Crippen LogP contribution in [0.4, 0.5) is 4.39 Å². The number of hydrogen-bond acceptors (Lipinski definition) is 4. The number of esters is 1. The molecular formula is C36H35FN2O3. The number of methoxy groups -OCH3 is 1. The number of halogens is 1. The molecule has 2 atom stereocenters. The summed E-state index contributed by atoms with van der Waals surface area (Å²) in [6.07, 6.45) is 2.33. The van der Waals surface area contributed by atoms with Crippen LogP contribution in [-0.2, 0) is 35.3 Å². The summed E-state index contributed by atoms with van der Waals surface area (Å²) in [4.78, 5) is 30.8. The highest BCUT2D eigenvalue weighted by Crippen LogP contribution is 2.37. The van der Waals surface area contributed by atoms with Gasteiger partial charge in [-0.05, 0) is 72.2 Å². The maximum absolute atomic E-state index is 14.9. The highest BCUT2D eigenvalue weighted by molar-refractivity contribution is 5.89. The van der Waals surface area contributed by atoms with Crippen molar-refractivity contribution in [2.75, 3.05) is 13.7 Å². The van der Waals surface area contributed by atoms with Crippen molar-refractivity contribution in [2.45, 2.75) is 50.9 Å². The summed E-state index contributed by atoms with van der Waals surface area (Å²) in [6.45, 7) is 2.89. The average Bonchev–Trinajstić information content (AvgIpc) is 3.47. The van der Waals surface area contributed by atoms with Crippen molar-refractivity contribution in [3.05, 3.63) is 142 Å². The molecule has 0 radical (unpaired) electrons. The molecule has 42 heavy (non-hydrogen) atoms. The Morgan fingerprint density at radius 1 is 0.881 bits per heavy atom. The highest BCUT2D eigenvalue weighted by Gasteiger charge is 2.39. The number of rotatable bonds is 7. The largest absolute Gasteiger partial charge is 0.465 e. The lowest BCUT2D eigenvalue weighted by Gasteiger charge is -2.43.